The molecule has 0 saturated heterocycles. The summed E-state index contributed by atoms with van der Waals surface area (Å²) in [6.07, 6.45) is 1.68. The van der Waals surface area contributed by atoms with E-state index in [1.54, 1.807) is 0 Å². The minimum absolute atomic E-state index is 0.136. The highest BCUT2D eigenvalue weighted by atomic mass is 79.9. The van der Waals surface area contributed by atoms with Gasteiger partial charge in [0.25, 0.3) is 0 Å². The molecule has 4 nitrogen and oxygen atoms in total. The highest BCUT2D eigenvalue weighted by molar-refractivity contribution is 9.10. The number of nitrogens with two attached hydrogens (primary N) is 1. The van der Waals surface area contributed by atoms with Gasteiger partial charge in [-0.2, -0.15) is 5.10 Å². The van der Waals surface area contributed by atoms with E-state index in [1.165, 1.54) is 0 Å². The molecule has 0 bridgehead atoms. The predicted octanol–water partition coefficient (Wildman–Crippen LogP) is 3.06. The van der Waals surface area contributed by atoms with Gasteiger partial charge in [-0.1, -0.05) is 6.92 Å². The van der Waals surface area contributed by atoms with Crippen LogP contribution in [0.5, 0.6) is 0 Å². The average Bonchev–Trinajstić information content (AvgIpc) is 2.95. The number of halogens is 1. The molecule has 0 aliphatic carbocycles. The third kappa shape index (κ3) is 2.84. The SMILES string of the molecule is CCc1cc(CC(N)c2ccc(Br)o2)n(CC)n1. The third-order valence-electron chi connectivity index (χ3n) is 2.96. The lowest BCUT2D eigenvalue weighted by molar-refractivity contribution is 0.441. The number of furan rings is 1. The van der Waals surface area contributed by atoms with Crippen molar-refractivity contribution in [3.8, 4) is 0 Å². The highest BCUT2D eigenvalue weighted by Crippen LogP contribution is 2.22. The van der Waals surface area contributed by atoms with E-state index < -0.39 is 0 Å². The van der Waals surface area contributed by atoms with E-state index in [4.69, 9.17) is 10.2 Å². The maximum atomic E-state index is 6.16. The molecule has 0 aliphatic rings. The van der Waals surface area contributed by atoms with Gasteiger partial charge in [0.2, 0.25) is 0 Å². The van der Waals surface area contributed by atoms with Gasteiger partial charge in [0.15, 0.2) is 4.67 Å². The fourth-order valence-corrected chi connectivity index (χ4v) is 2.30. The second-order valence-corrected chi connectivity index (χ2v) is 5.03. The molecule has 0 fully saturated rings. The molecular weight excluding hydrogens is 294 g/mol. The standard InChI is InChI=1S/C13H18BrN3O/c1-3-9-7-10(17(4-2)16-9)8-11(15)12-5-6-13(14)18-12/h5-7,11H,3-4,8,15H2,1-2H3. The van der Waals surface area contributed by atoms with Crippen molar-refractivity contribution in [3.05, 3.63) is 40.0 Å². The van der Waals surface area contributed by atoms with Gasteiger partial charge >= 0.3 is 0 Å². The van der Waals surface area contributed by atoms with Crippen molar-refractivity contribution in [2.45, 2.75) is 39.3 Å². The summed E-state index contributed by atoms with van der Waals surface area (Å²) in [4.78, 5) is 0. The van der Waals surface area contributed by atoms with Crippen LogP contribution in [0, 0.1) is 0 Å². The molecule has 0 radical (unpaired) electrons. The zero-order valence-corrected chi connectivity index (χ0v) is 12.3. The summed E-state index contributed by atoms with van der Waals surface area (Å²) in [5.41, 5.74) is 8.43. The zero-order chi connectivity index (χ0) is 13.1. The number of hydrogen-bond donors (Lipinski definition) is 1. The Balaban J connectivity index is 2.15. The van der Waals surface area contributed by atoms with Crippen LogP contribution in [0.15, 0.2) is 27.3 Å². The zero-order valence-electron chi connectivity index (χ0n) is 10.7. The molecule has 18 heavy (non-hydrogen) atoms. The third-order valence-corrected chi connectivity index (χ3v) is 3.39. The summed E-state index contributed by atoms with van der Waals surface area (Å²) < 4.78 is 8.21. The number of hydrogen-bond acceptors (Lipinski definition) is 3. The van der Waals surface area contributed by atoms with Gasteiger partial charge in [-0.3, -0.25) is 4.68 Å². The van der Waals surface area contributed by atoms with Crippen LogP contribution in [-0.2, 0) is 19.4 Å². The fourth-order valence-electron chi connectivity index (χ4n) is 1.98. The second-order valence-electron chi connectivity index (χ2n) is 4.25. The van der Waals surface area contributed by atoms with Crippen molar-refractivity contribution < 1.29 is 4.42 Å². The quantitative estimate of drug-likeness (QED) is 0.923. The first-order valence-corrected chi connectivity index (χ1v) is 6.99. The smallest absolute Gasteiger partial charge is 0.169 e. The molecule has 2 heterocycles. The summed E-state index contributed by atoms with van der Waals surface area (Å²) >= 11 is 3.29. The van der Waals surface area contributed by atoms with Gasteiger partial charge in [-0.05, 0) is 47.5 Å². The molecule has 98 valence electrons. The first kappa shape index (κ1) is 13.4. The summed E-state index contributed by atoms with van der Waals surface area (Å²) in [6, 6.07) is 5.76. The van der Waals surface area contributed by atoms with Crippen LogP contribution >= 0.6 is 15.9 Å². The first-order valence-electron chi connectivity index (χ1n) is 6.20. The molecular formula is C13H18BrN3O. The van der Waals surface area contributed by atoms with Crippen molar-refractivity contribution >= 4 is 15.9 Å². The molecule has 0 aromatic carbocycles. The van der Waals surface area contributed by atoms with Crippen molar-refractivity contribution in [1.29, 1.82) is 0 Å². The average molecular weight is 312 g/mol. The molecule has 0 saturated carbocycles. The van der Waals surface area contributed by atoms with Gasteiger partial charge in [0.05, 0.1) is 11.7 Å². The van der Waals surface area contributed by atoms with Gasteiger partial charge in [-0.25, -0.2) is 0 Å². The van der Waals surface area contributed by atoms with Gasteiger partial charge in [0.1, 0.15) is 5.76 Å². The Bertz CT molecular complexity index is 518. The monoisotopic (exact) mass is 311 g/mol. The fraction of sp³-hybridized carbons (Fsp3) is 0.462. The lowest BCUT2D eigenvalue weighted by atomic mass is 10.1. The minimum Gasteiger partial charge on any atom is -0.453 e. The molecule has 0 spiro atoms. The summed E-state index contributed by atoms with van der Waals surface area (Å²) in [6.45, 7) is 5.06. The lowest BCUT2D eigenvalue weighted by Crippen LogP contribution is -2.15. The van der Waals surface area contributed by atoms with Crippen molar-refractivity contribution in [1.82, 2.24) is 9.78 Å². The normalized spacial score (nSPS) is 12.9. The van der Waals surface area contributed by atoms with Crippen LogP contribution in [0.3, 0.4) is 0 Å². The summed E-state index contributed by atoms with van der Waals surface area (Å²) in [7, 11) is 0. The van der Waals surface area contributed by atoms with E-state index in [2.05, 4.69) is 40.9 Å². The predicted molar refractivity (Wildman–Crippen MR) is 74.3 cm³/mol. The van der Waals surface area contributed by atoms with Crippen LogP contribution in [0.4, 0.5) is 0 Å². The number of aromatic nitrogens is 2. The molecule has 0 amide bonds. The van der Waals surface area contributed by atoms with E-state index in [9.17, 15) is 0 Å². The molecule has 2 rings (SSSR count). The maximum absolute atomic E-state index is 6.16. The van der Waals surface area contributed by atoms with Crippen LogP contribution < -0.4 is 5.73 Å². The molecule has 2 aromatic heterocycles. The van der Waals surface area contributed by atoms with Crippen molar-refractivity contribution in [2.75, 3.05) is 0 Å². The van der Waals surface area contributed by atoms with Crippen molar-refractivity contribution in [2.24, 2.45) is 5.73 Å². The first-order chi connectivity index (χ1) is 8.63. The van der Waals surface area contributed by atoms with Crippen LogP contribution in [0.2, 0.25) is 0 Å². The van der Waals surface area contributed by atoms with E-state index in [-0.39, 0.29) is 6.04 Å². The van der Waals surface area contributed by atoms with Crippen LogP contribution in [-0.4, -0.2) is 9.78 Å². The Labute approximate surface area is 115 Å². The summed E-state index contributed by atoms with van der Waals surface area (Å²) in [5.74, 6) is 0.795. The Morgan fingerprint density at radius 2 is 2.22 bits per heavy atom. The van der Waals surface area contributed by atoms with E-state index in [1.807, 2.05) is 16.8 Å². The van der Waals surface area contributed by atoms with Crippen LogP contribution in [0.25, 0.3) is 0 Å². The summed E-state index contributed by atoms with van der Waals surface area (Å²) in [5, 5.41) is 4.52. The molecule has 2 N–H and O–H groups in total. The van der Waals surface area contributed by atoms with Gasteiger partial charge < -0.3 is 10.2 Å². The second kappa shape index (κ2) is 5.71. The molecule has 2 aromatic rings. The Hall–Kier alpha value is -1.07. The highest BCUT2D eigenvalue weighted by Gasteiger charge is 2.15. The van der Waals surface area contributed by atoms with Gasteiger partial charge in [0, 0.05) is 18.7 Å². The molecule has 1 atom stereocenters. The van der Waals surface area contributed by atoms with Gasteiger partial charge in [-0.15, -0.1) is 0 Å². The van der Waals surface area contributed by atoms with E-state index >= 15 is 0 Å². The molecule has 5 heteroatoms. The van der Waals surface area contributed by atoms with Crippen LogP contribution in [0.1, 0.15) is 37.0 Å². The number of aryl methyl sites for hydroxylation is 2. The molecule has 1 unspecified atom stereocenters. The van der Waals surface area contributed by atoms with Crippen molar-refractivity contribution in [3.63, 3.8) is 0 Å². The Morgan fingerprint density at radius 3 is 2.78 bits per heavy atom. The largest absolute Gasteiger partial charge is 0.453 e. The Kier molecular flexibility index (Phi) is 4.24. The number of rotatable bonds is 5. The Morgan fingerprint density at radius 1 is 1.44 bits per heavy atom. The van der Waals surface area contributed by atoms with E-state index in [0.29, 0.717) is 4.67 Å². The maximum Gasteiger partial charge on any atom is 0.169 e. The molecule has 0 aliphatic heterocycles. The lowest BCUT2D eigenvalue weighted by Gasteiger charge is -2.09. The topological polar surface area (TPSA) is 57.0 Å². The van der Waals surface area contributed by atoms with E-state index in [0.717, 1.165) is 36.5 Å². The minimum atomic E-state index is -0.136. The number of nitrogens with zero attached hydrogens (tertiary/aromatic N) is 2.